The lowest BCUT2D eigenvalue weighted by Crippen LogP contribution is -2.66. The van der Waals surface area contributed by atoms with E-state index in [0.717, 1.165) is 51.4 Å². The number of carbonyl (C=O) groups excluding carboxylic acids is 1. The van der Waals surface area contributed by atoms with Crippen molar-refractivity contribution in [2.24, 2.45) is 0 Å². The molecule has 1 amide bonds. The van der Waals surface area contributed by atoms with E-state index in [1.165, 1.54) is 302 Å². The van der Waals surface area contributed by atoms with Crippen molar-refractivity contribution in [2.75, 3.05) is 26.4 Å². The number of aliphatic hydroxyl groups is 11. The van der Waals surface area contributed by atoms with Crippen molar-refractivity contribution in [3.8, 4) is 0 Å². The molecule has 0 aromatic rings. The van der Waals surface area contributed by atoms with Crippen molar-refractivity contribution in [1.29, 1.82) is 0 Å². The molecule has 3 aliphatic rings. The number of aliphatic hydroxyl groups excluding tert-OH is 11. The van der Waals surface area contributed by atoms with Gasteiger partial charge in [0.1, 0.15) is 73.2 Å². The first-order chi connectivity index (χ1) is 54.3. The SMILES string of the molecule is CCCCCCC/C=C\C/C=C\CCCCCCCCCCCCCCCCCCCCCCCC(=O)NC(COC1OC(CO)C(OC2OC(CO)C(OC3OC(CO)C(O)C(O)C3O)C(O)C2O)C(O)C1O)C(O)/C=C/CC/C=C/CC/C=C/CCCCCCCCCCCCCCCCCCCCCCCCC. The van der Waals surface area contributed by atoms with Gasteiger partial charge in [0.15, 0.2) is 18.9 Å². The van der Waals surface area contributed by atoms with Crippen molar-refractivity contribution in [2.45, 2.75) is 491 Å². The van der Waals surface area contributed by atoms with Gasteiger partial charge < -0.3 is 89.9 Å². The maximum atomic E-state index is 13.5. The normalized spacial score (nSPS) is 25.3. The third-order valence-electron chi connectivity index (χ3n) is 22.8. The lowest BCUT2D eigenvalue weighted by molar-refractivity contribution is -0.379. The van der Waals surface area contributed by atoms with Gasteiger partial charge >= 0.3 is 0 Å². The summed E-state index contributed by atoms with van der Waals surface area (Å²) in [6.45, 7) is 1.76. The molecular formula is C92H169NO18. The first kappa shape index (κ1) is 103. The summed E-state index contributed by atoms with van der Waals surface area (Å²) in [6, 6.07) is -1.000. The summed E-state index contributed by atoms with van der Waals surface area (Å²) in [7, 11) is 0. The third kappa shape index (κ3) is 50.1. The Bertz CT molecular complexity index is 2230. The van der Waals surface area contributed by atoms with Crippen LogP contribution in [0.5, 0.6) is 0 Å². The number of ether oxygens (including phenoxy) is 6. The van der Waals surface area contributed by atoms with Crippen molar-refractivity contribution in [1.82, 2.24) is 5.32 Å². The molecule has 3 aliphatic heterocycles. The molecule has 19 nitrogen and oxygen atoms in total. The Morgan fingerprint density at radius 2 is 0.604 bits per heavy atom. The van der Waals surface area contributed by atoms with E-state index in [-0.39, 0.29) is 18.9 Å². The number of nitrogens with one attached hydrogen (secondary N) is 1. The number of hydrogen-bond acceptors (Lipinski definition) is 18. The van der Waals surface area contributed by atoms with Crippen molar-refractivity contribution in [3.63, 3.8) is 0 Å². The molecule has 3 fully saturated rings. The molecule has 0 aliphatic carbocycles. The van der Waals surface area contributed by atoms with E-state index in [1.807, 2.05) is 6.08 Å². The van der Waals surface area contributed by atoms with Gasteiger partial charge in [-0.1, -0.05) is 364 Å². The Labute approximate surface area is 675 Å². The van der Waals surface area contributed by atoms with Gasteiger partial charge in [-0.25, -0.2) is 0 Å². The summed E-state index contributed by atoms with van der Waals surface area (Å²) in [5.41, 5.74) is 0. The lowest BCUT2D eigenvalue weighted by Gasteiger charge is -2.48. The summed E-state index contributed by atoms with van der Waals surface area (Å²) >= 11 is 0. The maximum absolute atomic E-state index is 13.5. The van der Waals surface area contributed by atoms with Gasteiger partial charge in [-0.3, -0.25) is 4.79 Å². The zero-order valence-electron chi connectivity index (χ0n) is 70.2. The van der Waals surface area contributed by atoms with Gasteiger partial charge in [0.05, 0.1) is 38.6 Å². The van der Waals surface area contributed by atoms with Crippen molar-refractivity contribution >= 4 is 5.91 Å². The van der Waals surface area contributed by atoms with E-state index in [2.05, 4.69) is 67.8 Å². The predicted molar refractivity (Wildman–Crippen MR) is 448 cm³/mol. The Kier molecular flexibility index (Phi) is 66.2. The molecule has 3 heterocycles. The minimum atomic E-state index is -1.99. The molecule has 0 bridgehead atoms. The highest BCUT2D eigenvalue weighted by molar-refractivity contribution is 5.76. The van der Waals surface area contributed by atoms with Crippen LogP contribution in [-0.2, 0) is 33.2 Å². The van der Waals surface area contributed by atoms with Crippen LogP contribution in [0.15, 0.2) is 60.8 Å². The number of carbonyl (C=O) groups is 1. The van der Waals surface area contributed by atoms with Gasteiger partial charge in [0, 0.05) is 6.42 Å². The minimum absolute atomic E-state index is 0.234. The molecule has 0 saturated carbocycles. The van der Waals surface area contributed by atoms with Gasteiger partial charge in [-0.05, 0) is 77.0 Å². The molecule has 17 atom stereocenters. The highest BCUT2D eigenvalue weighted by atomic mass is 16.8. The summed E-state index contributed by atoms with van der Waals surface area (Å²) < 4.78 is 34.5. The predicted octanol–water partition coefficient (Wildman–Crippen LogP) is 17.7. The van der Waals surface area contributed by atoms with Crippen LogP contribution in [-0.4, -0.2) is 193 Å². The molecular weight excluding hydrogens is 1410 g/mol. The van der Waals surface area contributed by atoms with E-state index in [0.29, 0.717) is 12.8 Å². The molecule has 0 aromatic heterocycles. The fraction of sp³-hybridized carbons (Fsp3) is 0.880. The minimum Gasteiger partial charge on any atom is -0.394 e. The number of allylic oxidation sites excluding steroid dienone is 9. The number of unbranched alkanes of at least 4 members (excludes halogenated alkanes) is 51. The molecule has 12 N–H and O–H groups in total. The van der Waals surface area contributed by atoms with Gasteiger partial charge in [-0.2, -0.15) is 0 Å². The standard InChI is InChI=1S/C92H169NO18/c1-3-5-7-9-11-13-15-17-19-21-23-25-27-29-31-33-35-37-39-41-43-45-47-49-51-53-55-57-59-61-63-65-67-69-76(97)75(74-106-90-86(104)83(101)88(78(72-95)108-90)111-92-87(105)84(102)89(79(73-96)109-92)110-91-85(103)82(100)81(99)77(71-94)107-91)93-80(98)70-68-66-64-62-60-58-56-54-52-50-48-46-44-42-40-38-36-34-32-30-28-26-24-22-20-18-16-14-12-10-8-6-4-2/h16,18,22,24,51,53,59,61,67,69,75-79,81-92,94-97,99-105H,3-15,17,19-21,23,25-50,52,54-58,60,62-66,68,70-74H2,1-2H3,(H,93,98)/b18-16-,24-22-,53-51+,61-59+,69-67+. The van der Waals surface area contributed by atoms with Crippen LogP contribution in [0.3, 0.4) is 0 Å². The van der Waals surface area contributed by atoms with Crippen LogP contribution in [0.2, 0.25) is 0 Å². The van der Waals surface area contributed by atoms with E-state index < -0.39 is 124 Å². The van der Waals surface area contributed by atoms with Gasteiger partial charge in [-0.15, -0.1) is 0 Å². The zero-order valence-corrected chi connectivity index (χ0v) is 70.2. The molecule has 17 unspecified atom stereocenters. The third-order valence-corrected chi connectivity index (χ3v) is 22.8. The number of hydrogen-bond donors (Lipinski definition) is 12. The maximum Gasteiger partial charge on any atom is 0.220 e. The molecule has 650 valence electrons. The fourth-order valence-corrected chi connectivity index (χ4v) is 15.4. The first-order valence-electron chi connectivity index (χ1n) is 46.0. The van der Waals surface area contributed by atoms with Crippen LogP contribution in [0.25, 0.3) is 0 Å². The quantitative estimate of drug-likeness (QED) is 0.0199. The van der Waals surface area contributed by atoms with Gasteiger partial charge in [0.25, 0.3) is 0 Å². The average molecular weight is 1580 g/mol. The Morgan fingerprint density at radius 1 is 0.324 bits per heavy atom. The fourth-order valence-electron chi connectivity index (χ4n) is 15.4. The summed E-state index contributed by atoms with van der Waals surface area (Å²) in [4.78, 5) is 13.5. The second-order valence-corrected chi connectivity index (χ2v) is 32.7. The molecule has 0 radical (unpaired) electrons. The largest absolute Gasteiger partial charge is 0.394 e. The summed E-state index contributed by atoms with van der Waals surface area (Å²) in [5, 5.41) is 121. The Hall–Kier alpha value is -2.51. The Balaban J connectivity index is 1.34. The van der Waals surface area contributed by atoms with E-state index >= 15 is 0 Å². The smallest absolute Gasteiger partial charge is 0.220 e. The number of amides is 1. The Morgan fingerprint density at radius 3 is 0.955 bits per heavy atom. The van der Waals surface area contributed by atoms with Crippen LogP contribution < -0.4 is 5.32 Å². The van der Waals surface area contributed by atoms with Crippen LogP contribution in [0, 0.1) is 0 Å². The molecule has 0 spiro atoms. The average Bonchev–Trinajstić information content (AvgIpc) is 0.780. The van der Waals surface area contributed by atoms with Crippen LogP contribution in [0.4, 0.5) is 0 Å². The van der Waals surface area contributed by atoms with E-state index in [1.54, 1.807) is 6.08 Å². The topological polar surface area (TPSA) is 307 Å². The second-order valence-electron chi connectivity index (χ2n) is 32.7. The summed E-state index contributed by atoms with van der Waals surface area (Å²) in [5.74, 6) is -0.283. The van der Waals surface area contributed by atoms with Crippen LogP contribution in [0.1, 0.15) is 386 Å². The molecule has 0 aromatic carbocycles. The van der Waals surface area contributed by atoms with E-state index in [4.69, 9.17) is 28.4 Å². The first-order valence-corrected chi connectivity index (χ1v) is 46.0. The molecule has 3 saturated heterocycles. The second kappa shape index (κ2) is 71.6. The van der Waals surface area contributed by atoms with E-state index in [9.17, 15) is 61.0 Å². The zero-order chi connectivity index (χ0) is 80.3. The van der Waals surface area contributed by atoms with Crippen LogP contribution >= 0.6 is 0 Å². The van der Waals surface area contributed by atoms with Crippen molar-refractivity contribution in [3.05, 3.63) is 60.8 Å². The lowest BCUT2D eigenvalue weighted by atomic mass is 9.96. The highest BCUT2D eigenvalue weighted by Gasteiger charge is 2.54. The van der Waals surface area contributed by atoms with Gasteiger partial charge in [0.2, 0.25) is 5.91 Å². The highest BCUT2D eigenvalue weighted by Crippen LogP contribution is 2.34. The molecule has 3 rings (SSSR count). The number of rotatable bonds is 75. The monoisotopic (exact) mass is 1580 g/mol. The molecule has 19 heteroatoms. The van der Waals surface area contributed by atoms with Crippen molar-refractivity contribution < 1.29 is 89.4 Å². The molecule has 111 heavy (non-hydrogen) atoms. The summed E-state index contributed by atoms with van der Waals surface area (Å²) in [6.07, 6.45) is 68.2.